The fraction of sp³-hybridized carbons (Fsp3) is 0.267. The molecule has 5 N–H and O–H groups in total. The maximum atomic E-state index is 12.7. The van der Waals surface area contributed by atoms with Gasteiger partial charge in [0.1, 0.15) is 11.8 Å². The zero-order valence-electron chi connectivity index (χ0n) is 22.4. The number of phenols is 1. The first kappa shape index (κ1) is 27.5. The standard InChI is InChI=1S/C30H34N6O3/c1-30(2,3)22-8-10-23(11-9-22)36-24(16-26(35-36)21-5-4-14-32-17-21)18-33-19-28(38)34-27(29(31)39)15-20-6-12-25(37)13-7-20/h4-14,16-17,27,33,37H,15,18-19H2,1-3H3,(H2,31,39)(H,34,38). The molecular weight excluding hydrogens is 492 g/mol. The second-order valence-corrected chi connectivity index (χ2v) is 10.5. The Kier molecular flexibility index (Phi) is 8.41. The van der Waals surface area contributed by atoms with Crippen LogP contribution in [0.15, 0.2) is 79.1 Å². The van der Waals surface area contributed by atoms with E-state index in [1.54, 1.807) is 24.5 Å². The Hall–Kier alpha value is -4.50. The Morgan fingerprint density at radius 2 is 1.77 bits per heavy atom. The Labute approximate surface area is 228 Å². The van der Waals surface area contributed by atoms with E-state index in [9.17, 15) is 14.7 Å². The van der Waals surface area contributed by atoms with Crippen LogP contribution < -0.4 is 16.4 Å². The number of hydrogen-bond donors (Lipinski definition) is 4. The molecule has 0 radical (unpaired) electrons. The van der Waals surface area contributed by atoms with E-state index in [1.165, 1.54) is 17.7 Å². The quantitative estimate of drug-likeness (QED) is 0.251. The molecule has 2 aromatic carbocycles. The Morgan fingerprint density at radius 1 is 1.05 bits per heavy atom. The minimum atomic E-state index is -0.868. The highest BCUT2D eigenvalue weighted by Gasteiger charge is 2.19. The number of aromatic nitrogens is 3. The summed E-state index contributed by atoms with van der Waals surface area (Å²) in [6, 6.07) is 19.6. The van der Waals surface area contributed by atoms with Gasteiger partial charge in [-0.3, -0.25) is 14.6 Å². The molecule has 9 nitrogen and oxygen atoms in total. The number of rotatable bonds is 10. The van der Waals surface area contributed by atoms with Crippen LogP contribution in [-0.2, 0) is 28.0 Å². The highest BCUT2D eigenvalue weighted by Crippen LogP contribution is 2.25. The van der Waals surface area contributed by atoms with Crippen LogP contribution in [-0.4, -0.2) is 44.3 Å². The number of benzene rings is 2. The molecule has 0 saturated carbocycles. The van der Waals surface area contributed by atoms with Gasteiger partial charge in [-0.2, -0.15) is 5.10 Å². The highest BCUT2D eigenvalue weighted by atomic mass is 16.3. The van der Waals surface area contributed by atoms with Crippen molar-refractivity contribution in [3.63, 3.8) is 0 Å². The third kappa shape index (κ3) is 7.30. The summed E-state index contributed by atoms with van der Waals surface area (Å²) in [5.74, 6) is -0.862. The lowest BCUT2D eigenvalue weighted by molar-refractivity contribution is -0.126. The minimum absolute atomic E-state index is 0.0181. The first-order valence-corrected chi connectivity index (χ1v) is 12.8. The van der Waals surface area contributed by atoms with E-state index in [0.717, 1.165) is 28.2 Å². The van der Waals surface area contributed by atoms with Gasteiger partial charge in [0.25, 0.3) is 0 Å². The summed E-state index contributed by atoms with van der Waals surface area (Å²) in [5, 5.41) is 20.1. The summed E-state index contributed by atoms with van der Waals surface area (Å²) in [5.41, 5.74) is 11.0. The summed E-state index contributed by atoms with van der Waals surface area (Å²) in [6.45, 7) is 6.86. The molecule has 2 amide bonds. The lowest BCUT2D eigenvalue weighted by Gasteiger charge is -2.19. The van der Waals surface area contributed by atoms with Gasteiger partial charge in [-0.1, -0.05) is 45.0 Å². The predicted molar refractivity (Wildman–Crippen MR) is 150 cm³/mol. The lowest BCUT2D eigenvalue weighted by atomic mass is 9.87. The van der Waals surface area contributed by atoms with Gasteiger partial charge in [-0.15, -0.1) is 0 Å². The molecule has 1 atom stereocenters. The molecule has 4 aromatic rings. The van der Waals surface area contributed by atoms with Crippen molar-refractivity contribution in [3.8, 4) is 22.7 Å². The van der Waals surface area contributed by atoms with Crippen LogP contribution in [0.1, 0.15) is 37.6 Å². The molecule has 0 spiro atoms. The van der Waals surface area contributed by atoms with Crippen LogP contribution in [0.2, 0.25) is 0 Å². The van der Waals surface area contributed by atoms with Gasteiger partial charge in [0.2, 0.25) is 11.8 Å². The van der Waals surface area contributed by atoms with Gasteiger partial charge in [-0.05, 0) is 59.0 Å². The average Bonchev–Trinajstić information content (AvgIpc) is 3.34. The molecule has 2 heterocycles. The Morgan fingerprint density at radius 3 is 2.38 bits per heavy atom. The fourth-order valence-corrected chi connectivity index (χ4v) is 4.17. The van der Waals surface area contributed by atoms with E-state index in [0.29, 0.717) is 6.54 Å². The normalized spacial score (nSPS) is 12.2. The van der Waals surface area contributed by atoms with Crippen LogP contribution >= 0.6 is 0 Å². The van der Waals surface area contributed by atoms with Crippen molar-refractivity contribution in [2.24, 2.45) is 5.73 Å². The maximum Gasteiger partial charge on any atom is 0.240 e. The molecule has 202 valence electrons. The number of primary amides is 1. The number of pyridine rings is 1. The zero-order chi connectivity index (χ0) is 28.0. The zero-order valence-corrected chi connectivity index (χ0v) is 22.4. The molecule has 0 fully saturated rings. The summed E-state index contributed by atoms with van der Waals surface area (Å²) in [6.07, 6.45) is 3.71. The van der Waals surface area contributed by atoms with Crippen LogP contribution in [0.5, 0.6) is 5.75 Å². The number of nitrogens with two attached hydrogens (primary N) is 1. The molecule has 0 aliphatic rings. The van der Waals surface area contributed by atoms with Gasteiger partial charge in [0.15, 0.2) is 0 Å². The second-order valence-electron chi connectivity index (χ2n) is 10.5. The van der Waals surface area contributed by atoms with Crippen molar-refractivity contribution >= 4 is 11.8 Å². The largest absolute Gasteiger partial charge is 0.508 e. The molecule has 2 aromatic heterocycles. The first-order chi connectivity index (χ1) is 18.6. The summed E-state index contributed by atoms with van der Waals surface area (Å²) >= 11 is 0. The Balaban J connectivity index is 1.46. The van der Waals surface area contributed by atoms with Gasteiger partial charge in [-0.25, -0.2) is 4.68 Å². The number of phenolic OH excluding ortho intramolecular Hbond substituents is 1. The van der Waals surface area contributed by atoms with E-state index < -0.39 is 11.9 Å². The van der Waals surface area contributed by atoms with Crippen molar-refractivity contribution in [3.05, 3.63) is 95.9 Å². The van der Waals surface area contributed by atoms with E-state index >= 15 is 0 Å². The minimum Gasteiger partial charge on any atom is -0.508 e. The molecule has 39 heavy (non-hydrogen) atoms. The van der Waals surface area contributed by atoms with E-state index in [1.807, 2.05) is 35.0 Å². The molecule has 9 heteroatoms. The molecule has 1 unspecified atom stereocenters. The van der Waals surface area contributed by atoms with Gasteiger partial charge in [0, 0.05) is 30.9 Å². The van der Waals surface area contributed by atoms with Gasteiger partial charge < -0.3 is 21.5 Å². The highest BCUT2D eigenvalue weighted by molar-refractivity contribution is 5.87. The maximum absolute atomic E-state index is 12.7. The topological polar surface area (TPSA) is 135 Å². The fourth-order valence-electron chi connectivity index (χ4n) is 4.17. The number of hydrogen-bond acceptors (Lipinski definition) is 6. The molecule has 0 aliphatic carbocycles. The molecule has 4 rings (SSSR count). The van der Waals surface area contributed by atoms with Crippen LogP contribution in [0.25, 0.3) is 16.9 Å². The number of aromatic hydroxyl groups is 1. The van der Waals surface area contributed by atoms with Crippen molar-refractivity contribution in [1.29, 1.82) is 0 Å². The Bertz CT molecular complexity index is 1410. The smallest absolute Gasteiger partial charge is 0.240 e. The number of nitrogens with one attached hydrogen (secondary N) is 2. The van der Waals surface area contributed by atoms with Crippen molar-refractivity contribution < 1.29 is 14.7 Å². The first-order valence-electron chi connectivity index (χ1n) is 12.8. The third-order valence-corrected chi connectivity index (χ3v) is 6.36. The number of nitrogens with zero attached hydrogens (tertiary/aromatic N) is 3. The molecule has 0 aliphatic heterocycles. The molecular formula is C30H34N6O3. The number of carbonyl (C=O) groups excluding carboxylic acids is 2. The predicted octanol–water partition coefficient (Wildman–Crippen LogP) is 3.24. The molecule has 0 saturated heterocycles. The van der Waals surface area contributed by atoms with E-state index in [2.05, 4.69) is 48.5 Å². The monoisotopic (exact) mass is 526 g/mol. The van der Waals surface area contributed by atoms with Crippen LogP contribution in [0.3, 0.4) is 0 Å². The number of carbonyl (C=O) groups is 2. The van der Waals surface area contributed by atoms with Crippen molar-refractivity contribution in [2.75, 3.05) is 6.54 Å². The third-order valence-electron chi connectivity index (χ3n) is 6.36. The molecule has 0 bridgehead atoms. The summed E-state index contributed by atoms with van der Waals surface area (Å²) in [7, 11) is 0. The SMILES string of the molecule is CC(C)(C)c1ccc(-n2nc(-c3cccnc3)cc2CNCC(=O)NC(Cc2ccc(O)cc2)C(N)=O)cc1. The van der Waals surface area contributed by atoms with Gasteiger partial charge >= 0.3 is 0 Å². The van der Waals surface area contributed by atoms with Crippen LogP contribution in [0.4, 0.5) is 0 Å². The number of amides is 2. The van der Waals surface area contributed by atoms with Crippen LogP contribution in [0, 0.1) is 0 Å². The summed E-state index contributed by atoms with van der Waals surface area (Å²) in [4.78, 5) is 28.8. The van der Waals surface area contributed by atoms with Gasteiger partial charge in [0.05, 0.1) is 23.6 Å². The van der Waals surface area contributed by atoms with E-state index in [4.69, 9.17) is 10.8 Å². The summed E-state index contributed by atoms with van der Waals surface area (Å²) < 4.78 is 1.86. The lowest BCUT2D eigenvalue weighted by Crippen LogP contribution is -2.48. The van der Waals surface area contributed by atoms with Crippen molar-refractivity contribution in [1.82, 2.24) is 25.4 Å². The second kappa shape index (κ2) is 11.9. The van der Waals surface area contributed by atoms with E-state index in [-0.39, 0.29) is 30.0 Å². The average molecular weight is 527 g/mol. The van der Waals surface area contributed by atoms with Crippen molar-refractivity contribution in [2.45, 2.75) is 45.2 Å².